The number of aryl methyl sites for hydroxylation is 1. The van der Waals surface area contributed by atoms with Crippen LogP contribution < -0.4 is 5.32 Å². The fourth-order valence-corrected chi connectivity index (χ4v) is 1.69. The Bertz CT molecular complexity index is 341. The summed E-state index contributed by atoms with van der Waals surface area (Å²) >= 11 is 1.83. The molecule has 1 rings (SSSR count). The van der Waals surface area contributed by atoms with Crippen LogP contribution in [0.15, 0.2) is 18.2 Å². The largest absolute Gasteiger partial charge is 0.309 e. The summed E-state index contributed by atoms with van der Waals surface area (Å²) in [7, 11) is 0. The smallest absolute Gasteiger partial charge is 0.126 e. The Morgan fingerprint density at radius 1 is 1.38 bits per heavy atom. The van der Waals surface area contributed by atoms with Crippen LogP contribution in [0.1, 0.15) is 31.0 Å². The van der Waals surface area contributed by atoms with E-state index in [1.807, 2.05) is 23.9 Å². The van der Waals surface area contributed by atoms with Crippen molar-refractivity contribution in [1.29, 1.82) is 0 Å². The Balaban J connectivity index is 2.59. The molecule has 1 N–H and O–H groups in total. The third-order valence-electron chi connectivity index (χ3n) is 2.81. The summed E-state index contributed by atoms with van der Waals surface area (Å²) in [5, 5.41) is 3.99. The highest BCUT2D eigenvalue weighted by Gasteiger charge is 2.08. The first-order valence-corrected chi connectivity index (χ1v) is 6.85. The van der Waals surface area contributed by atoms with Crippen molar-refractivity contribution in [2.45, 2.75) is 32.1 Å². The van der Waals surface area contributed by atoms with Gasteiger partial charge in [0.05, 0.1) is 0 Å². The molecule has 3 heteroatoms. The molecule has 0 heterocycles. The second-order valence-corrected chi connectivity index (χ2v) is 5.46. The molecule has 0 spiro atoms. The van der Waals surface area contributed by atoms with Gasteiger partial charge in [0.15, 0.2) is 0 Å². The van der Waals surface area contributed by atoms with Gasteiger partial charge < -0.3 is 5.32 Å². The monoisotopic (exact) mass is 241 g/mol. The maximum atomic E-state index is 13.4. The first kappa shape index (κ1) is 13.5. The van der Waals surface area contributed by atoms with E-state index in [1.54, 1.807) is 13.0 Å². The molecule has 1 aromatic carbocycles. The molecule has 90 valence electrons. The highest BCUT2D eigenvalue weighted by molar-refractivity contribution is 7.99. The fraction of sp³-hybridized carbons (Fsp3) is 0.538. The summed E-state index contributed by atoms with van der Waals surface area (Å²) in [6, 6.07) is 5.64. The second-order valence-electron chi connectivity index (χ2n) is 4.18. The predicted octanol–water partition coefficient (Wildman–Crippen LogP) is 3.54. The molecule has 0 fully saturated rings. The van der Waals surface area contributed by atoms with Gasteiger partial charge in [0.25, 0.3) is 0 Å². The Kier molecular flexibility index (Phi) is 5.29. The van der Waals surface area contributed by atoms with Crippen LogP contribution in [0.2, 0.25) is 0 Å². The van der Waals surface area contributed by atoms with Gasteiger partial charge in [0.2, 0.25) is 0 Å². The Morgan fingerprint density at radius 3 is 2.62 bits per heavy atom. The topological polar surface area (TPSA) is 12.0 Å². The SMILES string of the molecule is CSC(C)CNC(C)c1ccc(C)c(F)c1. The van der Waals surface area contributed by atoms with Crippen molar-refractivity contribution >= 4 is 11.8 Å². The molecule has 0 amide bonds. The third-order valence-corrected chi connectivity index (χ3v) is 3.78. The zero-order valence-electron chi connectivity index (χ0n) is 10.4. The van der Waals surface area contributed by atoms with Crippen molar-refractivity contribution in [3.05, 3.63) is 35.1 Å². The van der Waals surface area contributed by atoms with Gasteiger partial charge in [-0.25, -0.2) is 4.39 Å². The summed E-state index contributed by atoms with van der Waals surface area (Å²) in [6.45, 7) is 6.97. The van der Waals surface area contributed by atoms with E-state index in [9.17, 15) is 4.39 Å². The van der Waals surface area contributed by atoms with E-state index >= 15 is 0 Å². The van der Waals surface area contributed by atoms with Gasteiger partial charge in [-0.05, 0) is 37.3 Å². The average molecular weight is 241 g/mol. The Morgan fingerprint density at radius 2 is 2.06 bits per heavy atom. The Hall–Kier alpha value is -0.540. The lowest BCUT2D eigenvalue weighted by atomic mass is 10.1. The zero-order chi connectivity index (χ0) is 12.1. The van der Waals surface area contributed by atoms with Crippen molar-refractivity contribution in [3.63, 3.8) is 0 Å². The molecule has 0 aliphatic carbocycles. The van der Waals surface area contributed by atoms with Crippen LogP contribution in [0.5, 0.6) is 0 Å². The normalized spacial score (nSPS) is 14.8. The average Bonchev–Trinajstić information content (AvgIpc) is 2.29. The van der Waals surface area contributed by atoms with Crippen LogP contribution in [0, 0.1) is 12.7 Å². The molecule has 0 aliphatic rings. The number of benzene rings is 1. The summed E-state index contributed by atoms with van der Waals surface area (Å²) in [5.74, 6) is -0.121. The maximum absolute atomic E-state index is 13.4. The molecule has 0 saturated heterocycles. The van der Waals surface area contributed by atoms with Crippen molar-refractivity contribution < 1.29 is 4.39 Å². The van der Waals surface area contributed by atoms with Crippen LogP contribution in [0.4, 0.5) is 4.39 Å². The molecule has 0 saturated carbocycles. The van der Waals surface area contributed by atoms with Gasteiger partial charge in [0.1, 0.15) is 5.82 Å². The molecule has 1 nitrogen and oxygen atoms in total. The van der Waals surface area contributed by atoms with Crippen LogP contribution in [0.3, 0.4) is 0 Å². The van der Waals surface area contributed by atoms with E-state index < -0.39 is 0 Å². The minimum Gasteiger partial charge on any atom is -0.309 e. The van der Waals surface area contributed by atoms with Crippen molar-refractivity contribution in [3.8, 4) is 0 Å². The number of hydrogen-bond acceptors (Lipinski definition) is 2. The van der Waals surface area contributed by atoms with Crippen LogP contribution >= 0.6 is 11.8 Å². The molecule has 1 aromatic rings. The van der Waals surface area contributed by atoms with E-state index in [4.69, 9.17) is 0 Å². The molecule has 0 bridgehead atoms. The summed E-state index contributed by atoms with van der Waals surface area (Å²) in [5.41, 5.74) is 1.71. The first-order valence-electron chi connectivity index (χ1n) is 5.56. The van der Waals surface area contributed by atoms with Gasteiger partial charge in [-0.3, -0.25) is 0 Å². The highest BCUT2D eigenvalue weighted by atomic mass is 32.2. The molecule has 2 unspecified atom stereocenters. The van der Waals surface area contributed by atoms with E-state index in [0.717, 1.165) is 12.1 Å². The summed E-state index contributed by atoms with van der Waals surface area (Å²) in [6.07, 6.45) is 2.10. The summed E-state index contributed by atoms with van der Waals surface area (Å²) in [4.78, 5) is 0. The third kappa shape index (κ3) is 3.80. The van der Waals surface area contributed by atoms with Gasteiger partial charge in [0, 0.05) is 17.8 Å². The van der Waals surface area contributed by atoms with Crippen molar-refractivity contribution in [2.24, 2.45) is 0 Å². The van der Waals surface area contributed by atoms with Crippen molar-refractivity contribution in [1.82, 2.24) is 5.32 Å². The maximum Gasteiger partial charge on any atom is 0.126 e. The van der Waals surface area contributed by atoms with Crippen LogP contribution in [-0.2, 0) is 0 Å². The molecular weight excluding hydrogens is 221 g/mol. The number of thioether (sulfide) groups is 1. The molecule has 0 aliphatic heterocycles. The lowest BCUT2D eigenvalue weighted by Gasteiger charge is -2.17. The molecule has 0 radical (unpaired) electrons. The van der Waals surface area contributed by atoms with Crippen molar-refractivity contribution in [2.75, 3.05) is 12.8 Å². The summed E-state index contributed by atoms with van der Waals surface area (Å²) < 4.78 is 13.4. The zero-order valence-corrected chi connectivity index (χ0v) is 11.2. The van der Waals surface area contributed by atoms with Crippen LogP contribution in [0.25, 0.3) is 0 Å². The first-order chi connectivity index (χ1) is 7.54. The highest BCUT2D eigenvalue weighted by Crippen LogP contribution is 2.16. The molecule has 0 aromatic heterocycles. The minimum atomic E-state index is -0.121. The van der Waals surface area contributed by atoms with Gasteiger partial charge >= 0.3 is 0 Å². The predicted molar refractivity (Wildman–Crippen MR) is 70.5 cm³/mol. The lowest BCUT2D eigenvalue weighted by Crippen LogP contribution is -2.25. The van der Waals surface area contributed by atoms with Gasteiger partial charge in [-0.1, -0.05) is 19.1 Å². The van der Waals surface area contributed by atoms with E-state index in [-0.39, 0.29) is 11.9 Å². The molecule has 16 heavy (non-hydrogen) atoms. The van der Waals surface area contributed by atoms with Gasteiger partial charge in [-0.2, -0.15) is 11.8 Å². The quantitative estimate of drug-likeness (QED) is 0.846. The number of nitrogens with one attached hydrogen (secondary N) is 1. The van der Waals surface area contributed by atoms with Gasteiger partial charge in [-0.15, -0.1) is 0 Å². The molecule has 2 atom stereocenters. The Labute approximate surface area is 102 Å². The van der Waals surface area contributed by atoms with E-state index in [1.165, 1.54) is 0 Å². The minimum absolute atomic E-state index is 0.121. The lowest BCUT2D eigenvalue weighted by molar-refractivity contribution is 0.565. The second kappa shape index (κ2) is 6.26. The fourth-order valence-electron chi connectivity index (χ4n) is 1.42. The number of rotatable bonds is 5. The van der Waals surface area contributed by atoms with Crippen LogP contribution in [-0.4, -0.2) is 18.1 Å². The van der Waals surface area contributed by atoms with E-state index in [0.29, 0.717) is 10.8 Å². The standard InChI is InChI=1S/C13H20FNS/c1-9-5-6-12(7-13(9)14)11(3)15-8-10(2)16-4/h5-7,10-11,15H,8H2,1-4H3. The number of hydrogen-bond donors (Lipinski definition) is 1. The van der Waals surface area contributed by atoms with E-state index in [2.05, 4.69) is 25.4 Å². The number of halogens is 1. The molecular formula is C13H20FNS.